The lowest BCUT2D eigenvalue weighted by molar-refractivity contribution is 0.0621. The van der Waals surface area contributed by atoms with Gasteiger partial charge in [-0.1, -0.05) is 0 Å². The summed E-state index contributed by atoms with van der Waals surface area (Å²) >= 11 is 0. The molecule has 1 unspecified atom stereocenters. The third-order valence-corrected chi connectivity index (χ3v) is 2.05. The smallest absolute Gasteiger partial charge is 0.262 e. The predicted octanol–water partition coefficient (Wildman–Crippen LogP) is 1.16. The maximum atomic E-state index is 12.0. The summed E-state index contributed by atoms with van der Waals surface area (Å²) < 4.78 is 81.4. The first kappa shape index (κ1) is 12.6. The highest BCUT2D eigenvalue weighted by atomic mass is 32.2. The molecular formula is C4H5F5O3S. The van der Waals surface area contributed by atoms with Gasteiger partial charge in [-0.15, -0.1) is 0 Å². The molecule has 0 bridgehead atoms. The van der Waals surface area contributed by atoms with E-state index in [4.69, 9.17) is 0 Å². The fraction of sp³-hybridized carbons (Fsp3) is 1.00. The molecule has 9 heteroatoms. The summed E-state index contributed by atoms with van der Waals surface area (Å²) in [5.74, 6) is 0. The van der Waals surface area contributed by atoms with Crippen molar-refractivity contribution >= 4 is 10.1 Å². The molecule has 0 radical (unpaired) electrons. The number of hydrogen-bond donors (Lipinski definition) is 0. The normalized spacial score (nSPS) is 15.3. The molecule has 0 aliphatic carbocycles. The molecule has 0 aromatic carbocycles. The molecule has 0 saturated carbocycles. The minimum absolute atomic E-state index is 1.63. The Morgan fingerprint density at radius 3 is 1.85 bits per heavy atom. The van der Waals surface area contributed by atoms with Crippen molar-refractivity contribution in [3.05, 3.63) is 0 Å². The maximum Gasteiger partial charge on any atom is 0.306 e. The Morgan fingerprint density at radius 1 is 1.08 bits per heavy atom. The van der Waals surface area contributed by atoms with Gasteiger partial charge in [-0.2, -0.15) is 8.42 Å². The summed E-state index contributed by atoms with van der Waals surface area (Å²) in [5.41, 5.74) is -3.59. The monoisotopic (exact) mass is 228 g/mol. The lowest BCUT2D eigenvalue weighted by Crippen LogP contribution is -2.27. The van der Waals surface area contributed by atoms with E-state index in [1.165, 1.54) is 0 Å². The van der Waals surface area contributed by atoms with Gasteiger partial charge in [0.2, 0.25) is 0 Å². The number of hydrogen-bond acceptors (Lipinski definition) is 3. The van der Waals surface area contributed by atoms with E-state index in [1.807, 2.05) is 0 Å². The van der Waals surface area contributed by atoms with Crippen LogP contribution in [0.4, 0.5) is 22.0 Å². The first-order valence-electron chi connectivity index (χ1n) is 2.86. The van der Waals surface area contributed by atoms with Crippen molar-refractivity contribution in [3.63, 3.8) is 0 Å². The van der Waals surface area contributed by atoms with Crippen molar-refractivity contribution < 1.29 is 34.6 Å². The van der Waals surface area contributed by atoms with Crippen molar-refractivity contribution in [1.29, 1.82) is 0 Å². The van der Waals surface area contributed by atoms with E-state index in [0.29, 0.717) is 0 Å². The Labute approximate surface area is 70.6 Å². The minimum atomic E-state index is -5.25. The second-order valence-corrected chi connectivity index (χ2v) is 3.53. The van der Waals surface area contributed by atoms with Crippen molar-refractivity contribution in [2.75, 3.05) is 6.61 Å². The summed E-state index contributed by atoms with van der Waals surface area (Å²) in [5, 5.41) is 0. The van der Waals surface area contributed by atoms with E-state index in [0.717, 1.165) is 0 Å². The van der Waals surface area contributed by atoms with Crippen LogP contribution in [-0.2, 0) is 14.3 Å². The van der Waals surface area contributed by atoms with E-state index < -0.39 is 35.1 Å². The molecule has 13 heavy (non-hydrogen) atoms. The zero-order valence-corrected chi connectivity index (χ0v) is 6.78. The van der Waals surface area contributed by atoms with Crippen LogP contribution in [0.1, 0.15) is 0 Å². The number of rotatable bonds is 5. The van der Waals surface area contributed by atoms with E-state index in [-0.39, 0.29) is 0 Å². The lowest BCUT2D eigenvalue weighted by atomic mass is 10.8. The van der Waals surface area contributed by atoms with Crippen LogP contribution >= 0.6 is 0 Å². The van der Waals surface area contributed by atoms with Gasteiger partial charge in [-0.3, -0.25) is 4.18 Å². The largest absolute Gasteiger partial charge is 0.306 e. The van der Waals surface area contributed by atoms with E-state index in [2.05, 4.69) is 4.18 Å². The average Bonchev–Trinajstić information content (AvgIpc) is 1.99. The molecule has 0 amide bonds. The Bertz CT molecular complexity index is 238. The molecule has 3 nitrogen and oxygen atoms in total. The van der Waals surface area contributed by atoms with E-state index in [1.54, 1.807) is 0 Å². The Hall–Kier alpha value is -0.440. The molecule has 0 heterocycles. The minimum Gasteiger partial charge on any atom is -0.262 e. The van der Waals surface area contributed by atoms with Crippen LogP contribution in [0.5, 0.6) is 0 Å². The summed E-state index contributed by atoms with van der Waals surface area (Å²) in [6.07, 6.45) is -6.98. The molecule has 0 N–H and O–H groups in total. The van der Waals surface area contributed by atoms with Crippen LogP contribution in [0, 0.1) is 0 Å². The van der Waals surface area contributed by atoms with Gasteiger partial charge in [0.15, 0.2) is 0 Å². The van der Waals surface area contributed by atoms with E-state index >= 15 is 0 Å². The van der Waals surface area contributed by atoms with Gasteiger partial charge in [0.05, 0.1) is 0 Å². The predicted molar refractivity (Wildman–Crippen MR) is 31.8 cm³/mol. The van der Waals surface area contributed by atoms with Gasteiger partial charge in [0, 0.05) is 0 Å². The molecule has 0 spiro atoms. The van der Waals surface area contributed by atoms with Gasteiger partial charge >= 0.3 is 10.1 Å². The molecule has 0 aromatic heterocycles. The lowest BCUT2D eigenvalue weighted by Gasteiger charge is -2.08. The summed E-state index contributed by atoms with van der Waals surface area (Å²) in [6.45, 7) is -1.63. The number of halogens is 5. The third kappa shape index (κ3) is 4.36. The van der Waals surface area contributed by atoms with Crippen LogP contribution in [0.3, 0.4) is 0 Å². The topological polar surface area (TPSA) is 43.4 Å². The average molecular weight is 228 g/mol. The molecule has 80 valence electrons. The van der Waals surface area contributed by atoms with Crippen molar-refractivity contribution in [1.82, 2.24) is 0 Å². The van der Waals surface area contributed by atoms with Crippen LogP contribution in [-0.4, -0.2) is 33.4 Å². The first-order valence-corrected chi connectivity index (χ1v) is 4.33. The Balaban J connectivity index is 4.24. The fourth-order valence-corrected chi connectivity index (χ4v) is 1.01. The van der Waals surface area contributed by atoms with Crippen LogP contribution in [0.15, 0.2) is 0 Å². The van der Waals surface area contributed by atoms with E-state index in [9.17, 15) is 30.4 Å². The van der Waals surface area contributed by atoms with Gasteiger partial charge in [0.1, 0.15) is 6.61 Å². The van der Waals surface area contributed by atoms with Gasteiger partial charge < -0.3 is 0 Å². The fourth-order valence-electron chi connectivity index (χ4n) is 0.337. The molecule has 0 aliphatic rings. The molecule has 0 fully saturated rings. The Kier molecular flexibility index (Phi) is 4.54. The molecule has 0 aliphatic heterocycles. The zero-order chi connectivity index (χ0) is 10.6. The molecular weight excluding hydrogens is 223 g/mol. The van der Waals surface area contributed by atoms with Crippen LogP contribution < -0.4 is 0 Å². The second kappa shape index (κ2) is 4.70. The molecule has 0 rings (SSSR count). The van der Waals surface area contributed by atoms with Gasteiger partial charge in [-0.05, 0) is 0 Å². The van der Waals surface area contributed by atoms with Gasteiger partial charge in [0.25, 0.3) is 18.4 Å². The van der Waals surface area contributed by atoms with Crippen molar-refractivity contribution in [3.8, 4) is 0 Å². The van der Waals surface area contributed by atoms with Crippen molar-refractivity contribution in [2.24, 2.45) is 0 Å². The zero-order valence-electron chi connectivity index (χ0n) is 5.96. The highest BCUT2D eigenvalue weighted by molar-refractivity contribution is 7.87. The summed E-state index contributed by atoms with van der Waals surface area (Å²) in [4.78, 5) is 0. The third-order valence-electron chi connectivity index (χ3n) is 0.832. The number of alkyl halides is 5. The summed E-state index contributed by atoms with van der Waals surface area (Å²) in [6, 6.07) is 0. The van der Waals surface area contributed by atoms with Gasteiger partial charge in [-0.25, -0.2) is 22.0 Å². The van der Waals surface area contributed by atoms with Crippen molar-refractivity contribution in [2.45, 2.75) is 18.4 Å². The van der Waals surface area contributed by atoms with Crippen LogP contribution in [0.2, 0.25) is 0 Å². The second-order valence-electron chi connectivity index (χ2n) is 1.85. The highest BCUT2D eigenvalue weighted by Gasteiger charge is 2.35. The highest BCUT2D eigenvalue weighted by Crippen LogP contribution is 2.15. The standard InChI is InChI=1S/C4H5F5O3S/c5-2(6)1-12-13(10,11)4(9)3(7)8/h2-4H,1H2. The molecule has 0 saturated heterocycles. The first-order chi connectivity index (χ1) is 5.77. The maximum absolute atomic E-state index is 12.0. The Morgan fingerprint density at radius 2 is 1.54 bits per heavy atom. The van der Waals surface area contributed by atoms with Crippen LogP contribution in [0.25, 0.3) is 0 Å². The molecule has 0 aromatic rings. The summed E-state index contributed by atoms with van der Waals surface area (Å²) in [7, 11) is -5.25. The molecule has 1 atom stereocenters. The SMILES string of the molecule is O=S(=O)(OCC(F)F)C(F)C(F)F. The quantitative estimate of drug-likeness (QED) is 0.523.